The summed E-state index contributed by atoms with van der Waals surface area (Å²) in [5, 5.41) is 4.38. The van der Waals surface area contributed by atoms with Crippen LogP contribution in [0, 0.1) is 12.8 Å². The standard InChI is InChI=1S/C17H25ClN2/c1-13-6-7-15(12-16(13)18)17(14-4-2-3-5-14)20-10-8-19-9-11-20/h6-7,12,14,17,19H,2-5,8-11H2,1H3/t17-/m1/s1. The van der Waals surface area contributed by atoms with Crippen molar-refractivity contribution < 1.29 is 0 Å². The highest BCUT2D eigenvalue weighted by Gasteiger charge is 2.31. The second-order valence-corrected chi connectivity index (χ2v) is 6.69. The van der Waals surface area contributed by atoms with Gasteiger partial charge in [0.05, 0.1) is 0 Å². The summed E-state index contributed by atoms with van der Waals surface area (Å²) in [6.07, 6.45) is 5.54. The Hall–Kier alpha value is -0.570. The molecule has 1 aromatic rings. The molecule has 0 unspecified atom stereocenters. The van der Waals surface area contributed by atoms with Gasteiger partial charge >= 0.3 is 0 Å². The SMILES string of the molecule is Cc1ccc([C@@H](C2CCCC2)N2CCNCC2)cc1Cl. The van der Waals surface area contributed by atoms with Crippen LogP contribution in [0.3, 0.4) is 0 Å². The molecule has 2 nitrogen and oxygen atoms in total. The lowest BCUT2D eigenvalue weighted by Crippen LogP contribution is -2.46. The molecule has 2 aliphatic rings. The molecule has 1 saturated carbocycles. The van der Waals surface area contributed by atoms with E-state index in [2.05, 4.69) is 35.3 Å². The van der Waals surface area contributed by atoms with E-state index < -0.39 is 0 Å². The van der Waals surface area contributed by atoms with Gasteiger partial charge in [0, 0.05) is 37.2 Å². The Morgan fingerprint density at radius 1 is 1.20 bits per heavy atom. The van der Waals surface area contributed by atoms with Crippen molar-refractivity contribution in [1.82, 2.24) is 10.2 Å². The zero-order chi connectivity index (χ0) is 13.9. The summed E-state index contributed by atoms with van der Waals surface area (Å²) >= 11 is 6.37. The minimum absolute atomic E-state index is 0.567. The summed E-state index contributed by atoms with van der Waals surface area (Å²) in [7, 11) is 0. The van der Waals surface area contributed by atoms with E-state index in [1.54, 1.807) is 0 Å². The van der Waals surface area contributed by atoms with Gasteiger partial charge in [-0.1, -0.05) is 36.6 Å². The van der Waals surface area contributed by atoms with Gasteiger partial charge in [-0.3, -0.25) is 4.90 Å². The molecule has 0 amide bonds. The number of piperazine rings is 1. The van der Waals surface area contributed by atoms with Crippen LogP contribution in [0.5, 0.6) is 0 Å². The zero-order valence-electron chi connectivity index (χ0n) is 12.4. The first-order chi connectivity index (χ1) is 9.75. The van der Waals surface area contributed by atoms with Gasteiger partial charge in [0.15, 0.2) is 0 Å². The van der Waals surface area contributed by atoms with Gasteiger partial charge in [-0.2, -0.15) is 0 Å². The van der Waals surface area contributed by atoms with Crippen molar-refractivity contribution in [1.29, 1.82) is 0 Å². The smallest absolute Gasteiger partial charge is 0.0438 e. The largest absolute Gasteiger partial charge is 0.314 e. The van der Waals surface area contributed by atoms with Crippen LogP contribution >= 0.6 is 11.6 Å². The first-order valence-electron chi connectivity index (χ1n) is 7.96. The van der Waals surface area contributed by atoms with E-state index in [-0.39, 0.29) is 0 Å². The molecule has 1 aromatic carbocycles. The van der Waals surface area contributed by atoms with Gasteiger partial charge in [-0.25, -0.2) is 0 Å². The molecule has 2 fully saturated rings. The molecule has 1 aliphatic carbocycles. The molecule has 3 heteroatoms. The molecule has 1 N–H and O–H groups in total. The third-order valence-corrected chi connectivity index (χ3v) is 5.34. The third kappa shape index (κ3) is 3.03. The van der Waals surface area contributed by atoms with Gasteiger partial charge < -0.3 is 5.32 Å². The molecule has 1 aliphatic heterocycles. The van der Waals surface area contributed by atoms with Crippen molar-refractivity contribution in [3.05, 3.63) is 34.3 Å². The monoisotopic (exact) mass is 292 g/mol. The number of benzene rings is 1. The number of nitrogens with one attached hydrogen (secondary N) is 1. The van der Waals surface area contributed by atoms with Crippen molar-refractivity contribution in [3.8, 4) is 0 Å². The van der Waals surface area contributed by atoms with Crippen LogP contribution in [-0.4, -0.2) is 31.1 Å². The second kappa shape index (κ2) is 6.46. The average Bonchev–Trinajstić information content (AvgIpc) is 2.98. The van der Waals surface area contributed by atoms with E-state index in [0.29, 0.717) is 6.04 Å². The summed E-state index contributed by atoms with van der Waals surface area (Å²) in [5.74, 6) is 0.812. The average molecular weight is 293 g/mol. The predicted molar refractivity (Wildman–Crippen MR) is 85.3 cm³/mol. The quantitative estimate of drug-likeness (QED) is 0.912. The summed E-state index contributed by atoms with van der Waals surface area (Å²) in [6, 6.07) is 7.26. The van der Waals surface area contributed by atoms with Crippen molar-refractivity contribution in [2.75, 3.05) is 26.2 Å². The molecule has 3 rings (SSSR count). The Morgan fingerprint density at radius 3 is 2.55 bits per heavy atom. The number of halogens is 1. The van der Waals surface area contributed by atoms with Crippen LogP contribution < -0.4 is 5.32 Å². The molecule has 110 valence electrons. The van der Waals surface area contributed by atoms with Gasteiger partial charge in [0.1, 0.15) is 0 Å². The van der Waals surface area contributed by atoms with Crippen LogP contribution in [0.25, 0.3) is 0 Å². The van der Waals surface area contributed by atoms with E-state index in [1.807, 2.05) is 0 Å². The number of rotatable bonds is 3. The first-order valence-corrected chi connectivity index (χ1v) is 8.34. The van der Waals surface area contributed by atoms with Gasteiger partial charge in [-0.15, -0.1) is 0 Å². The molecule has 0 bridgehead atoms. The van der Waals surface area contributed by atoms with Crippen molar-refractivity contribution >= 4 is 11.6 Å². The Bertz CT molecular complexity index is 448. The Balaban J connectivity index is 1.88. The van der Waals surface area contributed by atoms with E-state index in [0.717, 1.165) is 37.1 Å². The molecule has 0 radical (unpaired) electrons. The predicted octanol–water partition coefficient (Wildman–Crippen LogP) is 3.78. The molecule has 1 heterocycles. The Morgan fingerprint density at radius 2 is 1.90 bits per heavy atom. The van der Waals surface area contributed by atoms with Crippen LogP contribution in [0.2, 0.25) is 5.02 Å². The molecular weight excluding hydrogens is 268 g/mol. The topological polar surface area (TPSA) is 15.3 Å². The maximum Gasteiger partial charge on any atom is 0.0438 e. The lowest BCUT2D eigenvalue weighted by Gasteiger charge is -2.38. The van der Waals surface area contributed by atoms with Gasteiger partial charge in [-0.05, 0) is 42.9 Å². The fourth-order valence-corrected chi connectivity index (χ4v) is 4.00. The normalized spacial score (nSPS) is 23.1. The van der Waals surface area contributed by atoms with Crippen LogP contribution in [0.4, 0.5) is 0 Å². The van der Waals surface area contributed by atoms with E-state index in [4.69, 9.17) is 11.6 Å². The van der Waals surface area contributed by atoms with Crippen LogP contribution in [0.1, 0.15) is 42.9 Å². The second-order valence-electron chi connectivity index (χ2n) is 6.28. The highest BCUT2D eigenvalue weighted by Crippen LogP contribution is 2.40. The van der Waals surface area contributed by atoms with Gasteiger partial charge in [0.25, 0.3) is 0 Å². The fraction of sp³-hybridized carbons (Fsp3) is 0.647. The van der Waals surface area contributed by atoms with Crippen LogP contribution in [0.15, 0.2) is 18.2 Å². The maximum atomic E-state index is 6.37. The van der Waals surface area contributed by atoms with Crippen molar-refractivity contribution in [3.63, 3.8) is 0 Å². The number of hydrogen-bond donors (Lipinski definition) is 1. The highest BCUT2D eigenvalue weighted by atomic mass is 35.5. The van der Waals surface area contributed by atoms with Crippen molar-refractivity contribution in [2.24, 2.45) is 5.92 Å². The van der Waals surface area contributed by atoms with Crippen LogP contribution in [-0.2, 0) is 0 Å². The van der Waals surface area contributed by atoms with Gasteiger partial charge in [0.2, 0.25) is 0 Å². The summed E-state index contributed by atoms with van der Waals surface area (Å²) in [5.41, 5.74) is 2.61. The van der Waals surface area contributed by atoms with E-state index in [9.17, 15) is 0 Å². The summed E-state index contributed by atoms with van der Waals surface area (Å²) in [4.78, 5) is 2.67. The number of nitrogens with zero attached hydrogens (tertiary/aromatic N) is 1. The maximum absolute atomic E-state index is 6.37. The molecule has 0 spiro atoms. The highest BCUT2D eigenvalue weighted by molar-refractivity contribution is 6.31. The Labute approximate surface area is 127 Å². The van der Waals surface area contributed by atoms with E-state index in [1.165, 1.54) is 36.8 Å². The molecule has 1 atom stereocenters. The zero-order valence-corrected chi connectivity index (χ0v) is 13.1. The fourth-order valence-electron chi connectivity index (χ4n) is 3.81. The lowest BCUT2D eigenvalue weighted by atomic mass is 9.89. The first kappa shape index (κ1) is 14.4. The molecule has 20 heavy (non-hydrogen) atoms. The molecule has 1 saturated heterocycles. The van der Waals surface area contributed by atoms with Crippen molar-refractivity contribution in [2.45, 2.75) is 38.6 Å². The molecular formula is C17H25ClN2. The number of aryl methyl sites for hydroxylation is 1. The lowest BCUT2D eigenvalue weighted by molar-refractivity contribution is 0.125. The van der Waals surface area contributed by atoms with E-state index >= 15 is 0 Å². The minimum atomic E-state index is 0.567. The third-order valence-electron chi connectivity index (χ3n) is 4.93. The molecule has 0 aromatic heterocycles. The number of hydrogen-bond acceptors (Lipinski definition) is 2. The summed E-state index contributed by atoms with van der Waals surface area (Å²) < 4.78 is 0. The summed E-state index contributed by atoms with van der Waals surface area (Å²) in [6.45, 7) is 6.63. The minimum Gasteiger partial charge on any atom is -0.314 e. The Kier molecular flexibility index (Phi) is 4.65.